The first-order valence-electron chi connectivity index (χ1n) is 5.44. The summed E-state index contributed by atoms with van der Waals surface area (Å²) < 4.78 is 0. The van der Waals surface area contributed by atoms with Gasteiger partial charge in [0.25, 0.3) is 0 Å². The van der Waals surface area contributed by atoms with E-state index in [2.05, 4.69) is 0 Å². The first-order chi connectivity index (χ1) is 8.15. The van der Waals surface area contributed by atoms with E-state index < -0.39 is 7.12 Å². The molecule has 0 radical (unpaired) electrons. The van der Waals surface area contributed by atoms with E-state index in [1.165, 1.54) is 0 Å². The van der Waals surface area contributed by atoms with Crippen LogP contribution in [0.1, 0.15) is 11.1 Å². The fourth-order valence-corrected chi connectivity index (χ4v) is 1.73. The molecule has 0 unspecified atom stereocenters. The summed E-state index contributed by atoms with van der Waals surface area (Å²) in [5.41, 5.74) is 9.06. The summed E-state index contributed by atoms with van der Waals surface area (Å²) in [5, 5.41) is 18.2. The van der Waals surface area contributed by atoms with Crippen molar-refractivity contribution in [3.63, 3.8) is 0 Å². The quantitative estimate of drug-likeness (QED) is 0.529. The van der Waals surface area contributed by atoms with Gasteiger partial charge in [0.2, 0.25) is 0 Å². The largest absolute Gasteiger partial charge is 0.488 e. The maximum atomic E-state index is 9.09. The fourth-order valence-electron chi connectivity index (χ4n) is 1.73. The van der Waals surface area contributed by atoms with Crippen LogP contribution in [0.3, 0.4) is 0 Å². The van der Waals surface area contributed by atoms with Crippen LogP contribution in [0.15, 0.2) is 48.5 Å². The van der Waals surface area contributed by atoms with Crippen molar-refractivity contribution in [1.29, 1.82) is 0 Å². The number of anilines is 1. The minimum Gasteiger partial charge on any atom is -0.423 e. The topological polar surface area (TPSA) is 66.5 Å². The minimum absolute atomic E-state index is 0.512. The van der Waals surface area contributed by atoms with Gasteiger partial charge in [-0.1, -0.05) is 36.4 Å². The lowest BCUT2D eigenvalue weighted by Crippen LogP contribution is -2.29. The van der Waals surface area contributed by atoms with E-state index in [1.54, 1.807) is 12.1 Å². The van der Waals surface area contributed by atoms with Gasteiger partial charge in [-0.05, 0) is 35.1 Å². The van der Waals surface area contributed by atoms with Crippen molar-refractivity contribution in [1.82, 2.24) is 0 Å². The van der Waals surface area contributed by atoms with E-state index in [0.717, 1.165) is 23.2 Å². The lowest BCUT2D eigenvalue weighted by atomic mass is 9.79. The van der Waals surface area contributed by atoms with E-state index in [-0.39, 0.29) is 0 Å². The van der Waals surface area contributed by atoms with Crippen molar-refractivity contribution >= 4 is 18.3 Å². The summed E-state index contributed by atoms with van der Waals surface area (Å²) in [4.78, 5) is 0. The highest BCUT2D eigenvalue weighted by molar-refractivity contribution is 6.58. The smallest absolute Gasteiger partial charge is 0.423 e. The molecule has 0 saturated heterocycles. The molecular formula is C13H14BNO2. The fraction of sp³-hybridized carbons (Fsp3) is 0.0769. The lowest BCUT2D eigenvalue weighted by Gasteiger charge is -2.05. The number of nitrogen functional groups attached to an aromatic ring is 1. The van der Waals surface area contributed by atoms with E-state index in [4.69, 9.17) is 15.8 Å². The molecule has 86 valence electrons. The molecule has 4 heteroatoms. The Morgan fingerprint density at radius 1 is 0.941 bits per heavy atom. The van der Waals surface area contributed by atoms with E-state index in [0.29, 0.717) is 5.46 Å². The molecule has 17 heavy (non-hydrogen) atoms. The zero-order valence-electron chi connectivity index (χ0n) is 9.38. The molecule has 3 nitrogen and oxygen atoms in total. The predicted molar refractivity (Wildman–Crippen MR) is 69.9 cm³/mol. The number of hydrogen-bond acceptors (Lipinski definition) is 3. The third-order valence-corrected chi connectivity index (χ3v) is 2.64. The van der Waals surface area contributed by atoms with Gasteiger partial charge in [0.15, 0.2) is 0 Å². The van der Waals surface area contributed by atoms with Crippen LogP contribution in [-0.2, 0) is 6.42 Å². The molecule has 0 atom stereocenters. The van der Waals surface area contributed by atoms with Crippen LogP contribution in [0.5, 0.6) is 0 Å². The van der Waals surface area contributed by atoms with Crippen LogP contribution in [0.2, 0.25) is 0 Å². The molecule has 2 aromatic carbocycles. The molecule has 0 bridgehead atoms. The SMILES string of the molecule is Nc1ccc(Cc2cccc(B(O)O)c2)cc1. The molecule has 2 rings (SSSR count). The van der Waals surface area contributed by atoms with Crippen LogP contribution in [0.4, 0.5) is 5.69 Å². The van der Waals surface area contributed by atoms with Crippen molar-refractivity contribution in [3.8, 4) is 0 Å². The van der Waals surface area contributed by atoms with Crippen LogP contribution in [0.25, 0.3) is 0 Å². The highest BCUT2D eigenvalue weighted by Gasteiger charge is 2.10. The molecule has 0 aromatic heterocycles. The van der Waals surface area contributed by atoms with Gasteiger partial charge in [0.05, 0.1) is 0 Å². The van der Waals surface area contributed by atoms with Crippen molar-refractivity contribution in [2.24, 2.45) is 0 Å². The molecular weight excluding hydrogens is 213 g/mol. The minimum atomic E-state index is -1.42. The second-order valence-electron chi connectivity index (χ2n) is 4.04. The molecule has 0 heterocycles. The van der Waals surface area contributed by atoms with E-state index in [9.17, 15) is 0 Å². The summed E-state index contributed by atoms with van der Waals surface area (Å²) >= 11 is 0. The average Bonchev–Trinajstić information content (AvgIpc) is 2.32. The Morgan fingerprint density at radius 3 is 2.29 bits per heavy atom. The maximum absolute atomic E-state index is 9.09. The van der Waals surface area contributed by atoms with Crippen molar-refractivity contribution in [2.45, 2.75) is 6.42 Å². The van der Waals surface area contributed by atoms with E-state index >= 15 is 0 Å². The van der Waals surface area contributed by atoms with E-state index in [1.807, 2.05) is 36.4 Å². The standard InChI is InChI=1S/C13H14BNO2/c15-13-6-4-10(5-7-13)8-11-2-1-3-12(9-11)14(16)17/h1-7,9,16-17H,8,15H2. The second-order valence-corrected chi connectivity index (χ2v) is 4.04. The Balaban J connectivity index is 2.18. The summed E-state index contributed by atoms with van der Waals surface area (Å²) in [6, 6.07) is 14.9. The Labute approximate surface area is 101 Å². The summed E-state index contributed by atoms with van der Waals surface area (Å²) in [5.74, 6) is 0. The number of hydrogen-bond donors (Lipinski definition) is 3. The molecule has 0 saturated carbocycles. The lowest BCUT2D eigenvalue weighted by molar-refractivity contribution is 0.425. The van der Waals surface area contributed by atoms with Crippen LogP contribution in [-0.4, -0.2) is 17.2 Å². The van der Waals surface area contributed by atoms with Gasteiger partial charge in [0.1, 0.15) is 0 Å². The summed E-state index contributed by atoms with van der Waals surface area (Å²) in [6.45, 7) is 0. The average molecular weight is 227 g/mol. The number of nitrogens with two attached hydrogens (primary N) is 1. The molecule has 0 fully saturated rings. The zero-order valence-corrected chi connectivity index (χ0v) is 9.38. The third-order valence-electron chi connectivity index (χ3n) is 2.64. The molecule has 0 amide bonds. The van der Waals surface area contributed by atoms with Crippen LogP contribution < -0.4 is 11.2 Å². The Hall–Kier alpha value is -1.78. The Bertz CT molecular complexity index is 497. The number of rotatable bonds is 3. The first kappa shape index (κ1) is 11.7. The Morgan fingerprint density at radius 2 is 1.65 bits per heavy atom. The molecule has 4 N–H and O–H groups in total. The maximum Gasteiger partial charge on any atom is 0.488 e. The highest BCUT2D eigenvalue weighted by atomic mass is 16.4. The van der Waals surface area contributed by atoms with Crippen LogP contribution in [0, 0.1) is 0 Å². The highest BCUT2D eigenvalue weighted by Crippen LogP contribution is 2.10. The molecule has 0 aliphatic rings. The van der Waals surface area contributed by atoms with Gasteiger partial charge in [-0.15, -0.1) is 0 Å². The van der Waals surface area contributed by atoms with Crippen molar-refractivity contribution < 1.29 is 10.0 Å². The predicted octanol–water partition coefficient (Wildman–Crippen LogP) is 0.539. The van der Waals surface area contributed by atoms with Gasteiger partial charge in [-0.25, -0.2) is 0 Å². The molecule has 0 aliphatic heterocycles. The molecule has 0 aliphatic carbocycles. The monoisotopic (exact) mass is 227 g/mol. The van der Waals surface area contributed by atoms with Gasteiger partial charge in [0, 0.05) is 5.69 Å². The molecule has 2 aromatic rings. The van der Waals surface area contributed by atoms with Gasteiger partial charge >= 0.3 is 7.12 Å². The normalized spacial score (nSPS) is 10.2. The Kier molecular flexibility index (Phi) is 3.47. The van der Waals surface area contributed by atoms with Gasteiger partial charge in [-0.3, -0.25) is 0 Å². The molecule has 0 spiro atoms. The third kappa shape index (κ3) is 3.09. The van der Waals surface area contributed by atoms with Gasteiger partial charge in [-0.2, -0.15) is 0 Å². The zero-order chi connectivity index (χ0) is 12.3. The van der Waals surface area contributed by atoms with Crippen molar-refractivity contribution in [2.75, 3.05) is 5.73 Å². The van der Waals surface area contributed by atoms with Crippen molar-refractivity contribution in [3.05, 3.63) is 59.7 Å². The number of benzene rings is 2. The summed E-state index contributed by atoms with van der Waals surface area (Å²) in [7, 11) is -1.42. The second kappa shape index (κ2) is 5.04. The summed E-state index contributed by atoms with van der Waals surface area (Å²) in [6.07, 6.45) is 0.751. The first-order valence-corrected chi connectivity index (χ1v) is 5.44. The van der Waals surface area contributed by atoms with Gasteiger partial charge < -0.3 is 15.8 Å². The van der Waals surface area contributed by atoms with Crippen LogP contribution >= 0.6 is 0 Å².